The van der Waals surface area contributed by atoms with Crippen LogP contribution in [0.3, 0.4) is 0 Å². The fourth-order valence-electron chi connectivity index (χ4n) is 3.84. The van der Waals surface area contributed by atoms with E-state index in [0.29, 0.717) is 38.5 Å². The molecule has 0 atom stereocenters. The first kappa shape index (κ1) is 24.4. The molecule has 4 rings (SSSR count). The maximum absolute atomic E-state index is 13.1. The predicted molar refractivity (Wildman–Crippen MR) is 136 cm³/mol. The molecule has 0 aliphatic carbocycles. The number of carbonyl (C=O) groups excluding carboxylic acids is 2. The fourth-order valence-corrected chi connectivity index (χ4v) is 5.58. The molecule has 1 fully saturated rings. The maximum Gasteiger partial charge on any atom is 0.238 e. The Bertz CT molecular complexity index is 1140. The van der Waals surface area contributed by atoms with Gasteiger partial charge in [0, 0.05) is 42.8 Å². The molecule has 0 bridgehead atoms. The molecule has 0 spiro atoms. The lowest BCUT2D eigenvalue weighted by Crippen LogP contribution is -2.50. The van der Waals surface area contributed by atoms with Crippen molar-refractivity contribution in [1.29, 1.82) is 0 Å². The summed E-state index contributed by atoms with van der Waals surface area (Å²) in [7, 11) is 0. The van der Waals surface area contributed by atoms with Crippen molar-refractivity contribution in [3.05, 3.63) is 64.8 Å². The molecule has 1 N–H and O–H groups in total. The van der Waals surface area contributed by atoms with Crippen LogP contribution in [-0.4, -0.2) is 65.1 Å². The van der Waals surface area contributed by atoms with Gasteiger partial charge in [-0.3, -0.25) is 14.5 Å². The van der Waals surface area contributed by atoms with Crippen LogP contribution in [0.4, 0.5) is 10.1 Å². The zero-order chi connectivity index (χ0) is 24.1. The van der Waals surface area contributed by atoms with Gasteiger partial charge in [-0.05, 0) is 49.2 Å². The highest BCUT2D eigenvalue weighted by molar-refractivity contribution is 8.01. The number of amides is 2. The normalized spacial score (nSPS) is 14.3. The van der Waals surface area contributed by atoms with Gasteiger partial charge >= 0.3 is 0 Å². The van der Waals surface area contributed by atoms with E-state index in [4.69, 9.17) is 0 Å². The summed E-state index contributed by atoms with van der Waals surface area (Å²) in [6.07, 6.45) is 0. The second-order valence-electron chi connectivity index (χ2n) is 8.27. The topological polar surface area (TPSA) is 65.5 Å². The summed E-state index contributed by atoms with van der Waals surface area (Å²) in [5.74, 6) is 0.0848. The number of aromatic nitrogens is 1. The van der Waals surface area contributed by atoms with E-state index < -0.39 is 0 Å². The van der Waals surface area contributed by atoms with E-state index in [1.807, 2.05) is 42.3 Å². The number of aryl methyl sites for hydroxylation is 2. The lowest BCUT2D eigenvalue weighted by molar-refractivity contribution is -0.130. The van der Waals surface area contributed by atoms with E-state index in [1.165, 1.54) is 35.2 Å². The zero-order valence-electron chi connectivity index (χ0n) is 19.2. The van der Waals surface area contributed by atoms with Crippen molar-refractivity contribution in [2.24, 2.45) is 0 Å². The first-order valence-electron chi connectivity index (χ1n) is 11.1. The Morgan fingerprint density at radius 3 is 2.41 bits per heavy atom. The molecular weight excluding hydrogens is 471 g/mol. The van der Waals surface area contributed by atoms with E-state index in [2.05, 4.69) is 15.2 Å². The molecule has 2 aromatic carbocycles. The molecule has 178 valence electrons. The van der Waals surface area contributed by atoms with Crippen molar-refractivity contribution in [3.8, 4) is 11.3 Å². The number of hydrogen-bond acceptors (Lipinski definition) is 6. The highest BCUT2D eigenvalue weighted by Gasteiger charge is 2.23. The van der Waals surface area contributed by atoms with E-state index in [9.17, 15) is 14.0 Å². The number of benzene rings is 2. The van der Waals surface area contributed by atoms with Gasteiger partial charge in [-0.2, -0.15) is 0 Å². The minimum absolute atomic E-state index is 0.0338. The Morgan fingerprint density at radius 2 is 1.74 bits per heavy atom. The fraction of sp³-hybridized carbons (Fsp3) is 0.320. The number of nitrogens with zero attached hydrogens (tertiary/aromatic N) is 3. The summed E-state index contributed by atoms with van der Waals surface area (Å²) in [6, 6.07) is 12.2. The quantitative estimate of drug-likeness (QED) is 0.488. The molecule has 0 radical (unpaired) electrons. The van der Waals surface area contributed by atoms with Crippen molar-refractivity contribution in [2.75, 3.05) is 43.8 Å². The van der Waals surface area contributed by atoms with Gasteiger partial charge in [0.15, 0.2) is 4.34 Å². The highest BCUT2D eigenvalue weighted by atomic mass is 32.2. The average molecular weight is 499 g/mol. The Kier molecular flexibility index (Phi) is 7.97. The number of halogens is 1. The van der Waals surface area contributed by atoms with Gasteiger partial charge in [0.2, 0.25) is 11.8 Å². The van der Waals surface area contributed by atoms with Crippen molar-refractivity contribution in [1.82, 2.24) is 14.8 Å². The van der Waals surface area contributed by atoms with E-state index in [-0.39, 0.29) is 17.6 Å². The minimum atomic E-state index is -0.277. The van der Waals surface area contributed by atoms with Crippen LogP contribution >= 0.6 is 23.1 Å². The molecule has 1 aliphatic rings. The smallest absolute Gasteiger partial charge is 0.238 e. The molecule has 2 amide bonds. The van der Waals surface area contributed by atoms with E-state index in [0.717, 1.165) is 32.4 Å². The van der Waals surface area contributed by atoms with Crippen LogP contribution < -0.4 is 5.32 Å². The van der Waals surface area contributed by atoms with Crippen molar-refractivity contribution >= 4 is 40.6 Å². The lowest BCUT2D eigenvalue weighted by atomic mass is 10.1. The zero-order valence-corrected chi connectivity index (χ0v) is 20.8. The predicted octanol–water partition coefficient (Wildman–Crippen LogP) is 4.44. The summed E-state index contributed by atoms with van der Waals surface area (Å²) in [5, 5.41) is 4.94. The molecule has 9 heteroatoms. The van der Waals surface area contributed by atoms with E-state index >= 15 is 0 Å². The first-order valence-corrected chi connectivity index (χ1v) is 13.0. The summed E-state index contributed by atoms with van der Waals surface area (Å²) in [4.78, 5) is 33.7. The van der Waals surface area contributed by atoms with Crippen LogP contribution in [0.15, 0.2) is 52.2 Å². The molecule has 3 aromatic rings. The highest BCUT2D eigenvalue weighted by Crippen LogP contribution is 2.28. The van der Waals surface area contributed by atoms with Crippen LogP contribution in [0, 0.1) is 19.7 Å². The number of thiazole rings is 1. The number of thioether (sulfide) groups is 1. The van der Waals surface area contributed by atoms with E-state index in [1.54, 1.807) is 12.1 Å². The van der Waals surface area contributed by atoms with Gasteiger partial charge in [0.05, 0.1) is 18.0 Å². The summed E-state index contributed by atoms with van der Waals surface area (Å²) in [6.45, 7) is 6.84. The third-order valence-corrected chi connectivity index (χ3v) is 7.79. The third-order valence-electron chi connectivity index (χ3n) is 5.78. The molecule has 0 unspecified atom stereocenters. The number of piperazine rings is 1. The number of anilines is 1. The van der Waals surface area contributed by atoms with Crippen LogP contribution in [0.25, 0.3) is 11.3 Å². The van der Waals surface area contributed by atoms with Gasteiger partial charge in [0.25, 0.3) is 0 Å². The molecule has 1 aliphatic heterocycles. The van der Waals surface area contributed by atoms with Gasteiger partial charge in [-0.15, -0.1) is 11.3 Å². The summed E-state index contributed by atoms with van der Waals surface area (Å²) < 4.78 is 13.9. The van der Waals surface area contributed by atoms with Crippen LogP contribution in [-0.2, 0) is 9.59 Å². The van der Waals surface area contributed by atoms with Crippen LogP contribution in [0.1, 0.15) is 11.1 Å². The number of hydrogen-bond donors (Lipinski definition) is 1. The first-order chi connectivity index (χ1) is 16.4. The molecule has 1 saturated heterocycles. The average Bonchev–Trinajstić information content (AvgIpc) is 3.30. The SMILES string of the molecule is Cc1cccc(C)c1NC(=O)CN1CCN(C(=O)CSc2nc(-c3ccc(F)cc3)cs2)CC1. The van der Waals surface area contributed by atoms with Crippen molar-refractivity contribution in [2.45, 2.75) is 18.2 Å². The molecule has 6 nitrogen and oxygen atoms in total. The Labute approximate surface area is 207 Å². The molecule has 34 heavy (non-hydrogen) atoms. The largest absolute Gasteiger partial charge is 0.339 e. The maximum atomic E-state index is 13.1. The standard InChI is InChI=1S/C25H27FN4O2S2/c1-17-4-3-5-18(2)24(17)28-22(31)14-29-10-12-30(13-11-29)23(32)16-34-25-27-21(15-33-25)19-6-8-20(26)9-7-19/h3-9,15H,10-14,16H2,1-2H3,(H,28,31). The number of nitrogens with one attached hydrogen (secondary N) is 1. The van der Waals surface area contributed by atoms with Gasteiger partial charge in [-0.1, -0.05) is 30.0 Å². The number of para-hydroxylation sites is 1. The summed E-state index contributed by atoms with van der Waals surface area (Å²) in [5.41, 5.74) is 4.61. The Morgan fingerprint density at radius 1 is 1.06 bits per heavy atom. The molecule has 1 aromatic heterocycles. The molecule has 2 heterocycles. The van der Waals surface area contributed by atoms with Crippen molar-refractivity contribution in [3.63, 3.8) is 0 Å². The van der Waals surface area contributed by atoms with Gasteiger partial charge in [-0.25, -0.2) is 9.37 Å². The Hall–Kier alpha value is -2.75. The molecule has 0 saturated carbocycles. The van der Waals surface area contributed by atoms with Gasteiger partial charge < -0.3 is 10.2 Å². The second-order valence-corrected chi connectivity index (χ2v) is 10.3. The monoisotopic (exact) mass is 498 g/mol. The lowest BCUT2D eigenvalue weighted by Gasteiger charge is -2.34. The van der Waals surface area contributed by atoms with Crippen molar-refractivity contribution < 1.29 is 14.0 Å². The van der Waals surface area contributed by atoms with Crippen LogP contribution in [0.2, 0.25) is 0 Å². The number of rotatable bonds is 7. The Balaban J connectivity index is 1.21. The second kappa shape index (κ2) is 11.1. The molecular formula is C25H27FN4O2S2. The third kappa shape index (κ3) is 6.22. The van der Waals surface area contributed by atoms with Gasteiger partial charge in [0.1, 0.15) is 5.82 Å². The summed E-state index contributed by atoms with van der Waals surface area (Å²) >= 11 is 2.90. The van der Waals surface area contributed by atoms with Crippen LogP contribution in [0.5, 0.6) is 0 Å². The minimum Gasteiger partial charge on any atom is -0.339 e. The number of carbonyl (C=O) groups is 2.